The number of H-pyrrole nitrogens is 1. The van der Waals surface area contributed by atoms with E-state index in [-0.39, 0.29) is 0 Å². The highest BCUT2D eigenvalue weighted by atomic mass is 16.5. The number of nitrogens with one attached hydrogen (secondary N) is 1. The van der Waals surface area contributed by atoms with E-state index in [0.717, 1.165) is 16.5 Å². The summed E-state index contributed by atoms with van der Waals surface area (Å²) in [6, 6.07) is 1.90. The molecule has 0 spiro atoms. The Morgan fingerprint density at radius 1 is 1.80 bits per heavy atom. The highest BCUT2D eigenvalue weighted by Gasteiger charge is 1.98. The molecule has 10 heavy (non-hydrogen) atoms. The third-order valence-corrected chi connectivity index (χ3v) is 1.15. The molecule has 1 rings (SSSR count). The summed E-state index contributed by atoms with van der Waals surface area (Å²) in [4.78, 5) is 0. The lowest BCUT2D eigenvalue weighted by Crippen LogP contribution is -2.11. The lowest BCUT2D eigenvalue weighted by atomic mass is 10.4. The first-order valence-electron chi connectivity index (χ1n) is 3.09. The van der Waals surface area contributed by atoms with Gasteiger partial charge in [-0.1, -0.05) is 0 Å². The first-order chi connectivity index (χ1) is 4.68. The van der Waals surface area contributed by atoms with Crippen LogP contribution in [0.5, 0.6) is 0 Å². The van der Waals surface area contributed by atoms with Crippen molar-refractivity contribution in [2.75, 3.05) is 7.05 Å². The Labute approximate surface area is 59.4 Å². The minimum Gasteiger partial charge on any atom is -0.314 e. The molecular formula is C6H11N3O. The number of nitrogens with zero attached hydrogens (tertiary/aromatic N) is 2. The molecule has 0 amide bonds. The van der Waals surface area contributed by atoms with Gasteiger partial charge in [0, 0.05) is 12.7 Å². The van der Waals surface area contributed by atoms with Crippen molar-refractivity contribution in [1.29, 1.82) is 0 Å². The molecule has 0 saturated carbocycles. The second-order valence-electron chi connectivity index (χ2n) is 2.36. The maximum absolute atomic E-state index is 8.79. The van der Waals surface area contributed by atoms with Gasteiger partial charge in [0.15, 0.2) is 0 Å². The molecule has 0 saturated heterocycles. The van der Waals surface area contributed by atoms with Crippen LogP contribution in [0.1, 0.15) is 11.4 Å². The van der Waals surface area contributed by atoms with E-state index in [2.05, 4.69) is 10.2 Å². The van der Waals surface area contributed by atoms with Gasteiger partial charge in [-0.05, 0) is 13.0 Å². The first kappa shape index (κ1) is 7.24. The van der Waals surface area contributed by atoms with Crippen LogP contribution in [0.15, 0.2) is 6.07 Å². The van der Waals surface area contributed by atoms with Crippen LogP contribution in [0.2, 0.25) is 0 Å². The van der Waals surface area contributed by atoms with Crippen molar-refractivity contribution in [3.63, 3.8) is 0 Å². The SMILES string of the molecule is Cc1cc(CN(C)O)n[nH]1. The third-order valence-electron chi connectivity index (χ3n) is 1.15. The smallest absolute Gasteiger partial charge is 0.0789 e. The lowest BCUT2D eigenvalue weighted by Gasteiger charge is -2.02. The Balaban J connectivity index is 2.58. The van der Waals surface area contributed by atoms with E-state index >= 15 is 0 Å². The van der Waals surface area contributed by atoms with Gasteiger partial charge in [0.05, 0.1) is 12.2 Å². The van der Waals surface area contributed by atoms with Crippen molar-refractivity contribution in [1.82, 2.24) is 15.3 Å². The molecule has 4 heteroatoms. The fourth-order valence-electron chi connectivity index (χ4n) is 0.790. The summed E-state index contributed by atoms with van der Waals surface area (Å²) in [5.41, 5.74) is 1.86. The molecule has 0 fully saturated rings. The van der Waals surface area contributed by atoms with Gasteiger partial charge < -0.3 is 5.21 Å². The topological polar surface area (TPSA) is 52.1 Å². The van der Waals surface area contributed by atoms with Crippen molar-refractivity contribution >= 4 is 0 Å². The van der Waals surface area contributed by atoms with E-state index in [1.807, 2.05) is 13.0 Å². The maximum atomic E-state index is 8.79. The molecule has 1 aromatic heterocycles. The number of hydroxylamine groups is 2. The number of aromatic amines is 1. The number of hydrogen-bond donors (Lipinski definition) is 2. The molecule has 0 radical (unpaired) electrons. The van der Waals surface area contributed by atoms with Crippen LogP contribution >= 0.6 is 0 Å². The molecule has 0 unspecified atom stereocenters. The van der Waals surface area contributed by atoms with Gasteiger partial charge in [-0.3, -0.25) is 5.10 Å². The van der Waals surface area contributed by atoms with Crippen LogP contribution < -0.4 is 0 Å². The van der Waals surface area contributed by atoms with E-state index in [9.17, 15) is 0 Å². The van der Waals surface area contributed by atoms with Crippen LogP contribution in [0, 0.1) is 6.92 Å². The predicted molar refractivity (Wildman–Crippen MR) is 36.6 cm³/mol. The molecule has 2 N–H and O–H groups in total. The third kappa shape index (κ3) is 1.82. The van der Waals surface area contributed by atoms with Crippen molar-refractivity contribution < 1.29 is 5.21 Å². The summed E-state index contributed by atoms with van der Waals surface area (Å²) in [6.45, 7) is 2.39. The molecule has 1 heterocycles. The quantitative estimate of drug-likeness (QED) is 0.591. The first-order valence-corrected chi connectivity index (χ1v) is 3.09. The summed E-state index contributed by atoms with van der Waals surface area (Å²) in [6.07, 6.45) is 0. The van der Waals surface area contributed by atoms with Crippen LogP contribution in [-0.4, -0.2) is 27.5 Å². The molecule has 56 valence electrons. The minimum absolute atomic E-state index is 0.463. The molecular weight excluding hydrogens is 130 g/mol. The molecule has 0 aliphatic heterocycles. The highest BCUT2D eigenvalue weighted by molar-refractivity contribution is 5.05. The van der Waals surface area contributed by atoms with Crippen LogP contribution in [0.4, 0.5) is 0 Å². The van der Waals surface area contributed by atoms with E-state index < -0.39 is 0 Å². The number of rotatable bonds is 2. The fraction of sp³-hybridized carbons (Fsp3) is 0.500. The Morgan fingerprint density at radius 2 is 2.50 bits per heavy atom. The summed E-state index contributed by atoms with van der Waals surface area (Å²) in [7, 11) is 1.59. The lowest BCUT2D eigenvalue weighted by molar-refractivity contribution is -0.0740. The monoisotopic (exact) mass is 141 g/mol. The highest BCUT2D eigenvalue weighted by Crippen LogP contribution is 1.98. The van der Waals surface area contributed by atoms with Crippen molar-refractivity contribution in [2.45, 2.75) is 13.5 Å². The summed E-state index contributed by atoms with van der Waals surface area (Å²) < 4.78 is 0. The molecule has 0 aliphatic rings. The summed E-state index contributed by atoms with van der Waals surface area (Å²) in [5.74, 6) is 0. The van der Waals surface area contributed by atoms with Crippen molar-refractivity contribution in [2.24, 2.45) is 0 Å². The molecule has 1 aromatic rings. The van der Waals surface area contributed by atoms with E-state index in [0.29, 0.717) is 6.54 Å². The van der Waals surface area contributed by atoms with E-state index in [1.54, 1.807) is 7.05 Å². The van der Waals surface area contributed by atoms with Crippen molar-refractivity contribution in [3.8, 4) is 0 Å². The van der Waals surface area contributed by atoms with E-state index in [1.165, 1.54) is 0 Å². The molecule has 4 nitrogen and oxygen atoms in total. The molecule has 0 bridgehead atoms. The molecule has 0 aromatic carbocycles. The number of aromatic nitrogens is 2. The number of aryl methyl sites for hydroxylation is 1. The second-order valence-corrected chi connectivity index (χ2v) is 2.36. The van der Waals surface area contributed by atoms with Gasteiger partial charge in [0.2, 0.25) is 0 Å². The van der Waals surface area contributed by atoms with Crippen LogP contribution in [0.25, 0.3) is 0 Å². The Bertz CT molecular complexity index is 207. The maximum Gasteiger partial charge on any atom is 0.0789 e. The van der Waals surface area contributed by atoms with Crippen LogP contribution in [0.3, 0.4) is 0 Å². The Hall–Kier alpha value is -0.870. The van der Waals surface area contributed by atoms with Gasteiger partial charge in [-0.15, -0.1) is 0 Å². The summed E-state index contributed by atoms with van der Waals surface area (Å²) in [5, 5.41) is 16.6. The zero-order chi connectivity index (χ0) is 7.56. The average Bonchev–Trinajstić information content (AvgIpc) is 2.13. The largest absolute Gasteiger partial charge is 0.314 e. The van der Waals surface area contributed by atoms with Gasteiger partial charge in [0.25, 0.3) is 0 Å². The Morgan fingerprint density at radius 3 is 2.90 bits per heavy atom. The zero-order valence-electron chi connectivity index (χ0n) is 6.13. The normalized spacial score (nSPS) is 10.8. The fourth-order valence-corrected chi connectivity index (χ4v) is 0.790. The van der Waals surface area contributed by atoms with Gasteiger partial charge in [0.1, 0.15) is 0 Å². The minimum atomic E-state index is 0.463. The zero-order valence-corrected chi connectivity index (χ0v) is 6.13. The van der Waals surface area contributed by atoms with E-state index in [4.69, 9.17) is 5.21 Å². The van der Waals surface area contributed by atoms with Gasteiger partial charge in [-0.2, -0.15) is 10.2 Å². The Kier molecular flexibility index (Phi) is 2.03. The molecule has 0 aliphatic carbocycles. The summed E-state index contributed by atoms with van der Waals surface area (Å²) >= 11 is 0. The second kappa shape index (κ2) is 2.81. The molecule has 0 atom stereocenters. The average molecular weight is 141 g/mol. The van der Waals surface area contributed by atoms with Crippen molar-refractivity contribution in [3.05, 3.63) is 17.5 Å². The van der Waals surface area contributed by atoms with Gasteiger partial charge >= 0.3 is 0 Å². The van der Waals surface area contributed by atoms with Gasteiger partial charge in [-0.25, -0.2) is 0 Å². The standard InChI is InChI=1S/C6H11N3O/c1-5-3-6(8-7-5)4-9(2)10/h3,10H,4H2,1-2H3,(H,7,8). The van der Waals surface area contributed by atoms with Crippen LogP contribution in [-0.2, 0) is 6.54 Å². The number of hydrogen-bond acceptors (Lipinski definition) is 3. The predicted octanol–water partition coefficient (Wildman–Crippen LogP) is 0.539.